The molecule has 1 heterocycles. The van der Waals surface area contributed by atoms with E-state index in [1.165, 1.54) is 54.6 Å². The van der Waals surface area contributed by atoms with Crippen molar-refractivity contribution in [2.45, 2.75) is 0 Å². The second-order valence-corrected chi connectivity index (χ2v) is 13.6. The Hall–Kier alpha value is -7.21. The average molecular weight is 673 g/mol. The summed E-state index contributed by atoms with van der Waals surface area (Å²) in [5.41, 5.74) is 13.2. The van der Waals surface area contributed by atoms with E-state index in [0.29, 0.717) is 5.56 Å². The van der Waals surface area contributed by atoms with E-state index in [1.54, 1.807) is 0 Å². The van der Waals surface area contributed by atoms with E-state index in [4.69, 9.17) is 0 Å². The lowest BCUT2D eigenvalue weighted by Gasteiger charge is -2.18. The van der Waals surface area contributed by atoms with Gasteiger partial charge < -0.3 is 4.57 Å². The summed E-state index contributed by atoms with van der Waals surface area (Å²) < 4.78 is 2.30. The van der Waals surface area contributed by atoms with Crippen molar-refractivity contribution in [3.63, 3.8) is 0 Å². The van der Waals surface area contributed by atoms with Crippen LogP contribution in [0.2, 0.25) is 0 Å². The number of hydrogen-bond donors (Lipinski definition) is 0. The molecule has 1 aromatic heterocycles. The molecule has 0 fully saturated rings. The molecule has 0 saturated carbocycles. The van der Waals surface area contributed by atoms with Gasteiger partial charge in [0.05, 0.1) is 22.7 Å². The fourth-order valence-corrected chi connectivity index (χ4v) is 8.24. The highest BCUT2D eigenvalue weighted by atomic mass is 15.0. The Morgan fingerprint density at radius 3 is 1.23 bits per heavy atom. The lowest BCUT2D eigenvalue weighted by Crippen LogP contribution is -1.96. The fraction of sp³-hybridized carbons (Fsp3) is 0. The Labute approximate surface area is 308 Å². The van der Waals surface area contributed by atoms with Gasteiger partial charge in [0, 0.05) is 22.0 Å². The van der Waals surface area contributed by atoms with E-state index >= 15 is 0 Å². The van der Waals surface area contributed by atoms with Crippen molar-refractivity contribution in [3.8, 4) is 56.3 Å². The minimum absolute atomic E-state index is 0.657. The van der Waals surface area contributed by atoms with Crippen molar-refractivity contribution in [1.82, 2.24) is 4.57 Å². The van der Waals surface area contributed by atoms with Gasteiger partial charge in [0.1, 0.15) is 0 Å². The molecule has 246 valence electrons. The highest BCUT2D eigenvalue weighted by Gasteiger charge is 2.17. The van der Waals surface area contributed by atoms with Gasteiger partial charge >= 0.3 is 0 Å². The van der Waals surface area contributed by atoms with Gasteiger partial charge in [-0.3, -0.25) is 0 Å². The molecule has 0 aliphatic rings. The monoisotopic (exact) mass is 672 g/mol. The Bertz CT molecular complexity index is 2920. The molecule has 0 aliphatic heterocycles. The largest absolute Gasteiger partial charge is 0.309 e. The molecule has 53 heavy (non-hydrogen) atoms. The molecular formula is C51H32N2. The summed E-state index contributed by atoms with van der Waals surface area (Å²) in [6.45, 7) is 0. The number of para-hydroxylation sites is 2. The SMILES string of the molecule is N#Cc1ccc(-n2c3ccccc3c3ccccc32)cc1-c1ccc(-c2ccc(-c3c4ccccc4c(-c4ccccc4)c4ccccc34)cc2)cc1. The van der Waals surface area contributed by atoms with Gasteiger partial charge in [-0.15, -0.1) is 0 Å². The Kier molecular flexibility index (Phi) is 7.23. The van der Waals surface area contributed by atoms with Gasteiger partial charge in [-0.25, -0.2) is 0 Å². The fourth-order valence-electron chi connectivity index (χ4n) is 8.24. The van der Waals surface area contributed by atoms with Gasteiger partial charge in [-0.2, -0.15) is 5.26 Å². The molecule has 0 spiro atoms. The Balaban J connectivity index is 1.03. The Morgan fingerprint density at radius 2 is 0.736 bits per heavy atom. The first-order valence-electron chi connectivity index (χ1n) is 18.0. The van der Waals surface area contributed by atoms with Crippen LogP contribution in [0.25, 0.3) is 93.5 Å². The second-order valence-electron chi connectivity index (χ2n) is 13.6. The van der Waals surface area contributed by atoms with E-state index in [2.05, 4.69) is 199 Å². The van der Waals surface area contributed by atoms with Crippen LogP contribution in [0.4, 0.5) is 0 Å². The van der Waals surface area contributed by atoms with Crippen molar-refractivity contribution in [2.75, 3.05) is 0 Å². The minimum Gasteiger partial charge on any atom is -0.309 e. The number of nitriles is 1. The Morgan fingerprint density at radius 1 is 0.340 bits per heavy atom. The average Bonchev–Trinajstić information content (AvgIpc) is 3.57. The topological polar surface area (TPSA) is 28.7 Å². The van der Waals surface area contributed by atoms with Crippen LogP contribution in [0.3, 0.4) is 0 Å². The minimum atomic E-state index is 0.657. The van der Waals surface area contributed by atoms with Crippen LogP contribution in [0.1, 0.15) is 5.56 Å². The summed E-state index contributed by atoms with van der Waals surface area (Å²) in [7, 11) is 0. The summed E-state index contributed by atoms with van der Waals surface area (Å²) in [4.78, 5) is 0. The van der Waals surface area contributed by atoms with Gasteiger partial charge in [0.2, 0.25) is 0 Å². The van der Waals surface area contributed by atoms with Crippen molar-refractivity contribution in [3.05, 3.63) is 200 Å². The van der Waals surface area contributed by atoms with Crippen LogP contribution in [-0.2, 0) is 0 Å². The maximum atomic E-state index is 10.1. The summed E-state index contributed by atoms with van der Waals surface area (Å²) in [6.07, 6.45) is 0. The molecule has 2 nitrogen and oxygen atoms in total. The molecule has 9 aromatic carbocycles. The zero-order chi connectivity index (χ0) is 35.3. The van der Waals surface area contributed by atoms with Crippen LogP contribution < -0.4 is 0 Å². The first kappa shape index (κ1) is 30.6. The first-order chi connectivity index (χ1) is 26.3. The number of benzene rings is 9. The van der Waals surface area contributed by atoms with E-state index in [9.17, 15) is 5.26 Å². The van der Waals surface area contributed by atoms with Gasteiger partial charge in [-0.1, -0.05) is 164 Å². The molecule has 0 radical (unpaired) electrons. The lowest BCUT2D eigenvalue weighted by atomic mass is 9.85. The highest BCUT2D eigenvalue weighted by Crippen LogP contribution is 2.44. The van der Waals surface area contributed by atoms with Gasteiger partial charge in [0.25, 0.3) is 0 Å². The van der Waals surface area contributed by atoms with Crippen LogP contribution in [0.5, 0.6) is 0 Å². The van der Waals surface area contributed by atoms with E-state index in [0.717, 1.165) is 39.0 Å². The summed E-state index contributed by atoms with van der Waals surface area (Å²) >= 11 is 0. The van der Waals surface area contributed by atoms with Crippen molar-refractivity contribution in [1.29, 1.82) is 5.26 Å². The van der Waals surface area contributed by atoms with Crippen molar-refractivity contribution in [2.24, 2.45) is 0 Å². The van der Waals surface area contributed by atoms with Crippen molar-refractivity contribution < 1.29 is 0 Å². The number of hydrogen-bond acceptors (Lipinski definition) is 1. The molecule has 2 heteroatoms. The van der Waals surface area contributed by atoms with E-state index in [-0.39, 0.29) is 0 Å². The third-order valence-corrected chi connectivity index (χ3v) is 10.7. The number of nitrogens with zero attached hydrogens (tertiary/aromatic N) is 2. The van der Waals surface area contributed by atoms with Crippen LogP contribution in [0, 0.1) is 11.3 Å². The molecule has 0 N–H and O–H groups in total. The third kappa shape index (κ3) is 5.02. The normalized spacial score (nSPS) is 11.4. The molecular weight excluding hydrogens is 641 g/mol. The van der Waals surface area contributed by atoms with Crippen LogP contribution in [0.15, 0.2) is 194 Å². The second kappa shape index (κ2) is 12.5. The smallest absolute Gasteiger partial charge is 0.0998 e. The summed E-state index contributed by atoms with van der Waals surface area (Å²) in [5, 5.41) is 17.6. The molecule has 0 amide bonds. The zero-order valence-electron chi connectivity index (χ0n) is 28.9. The molecule has 0 atom stereocenters. The molecule has 0 aliphatic carbocycles. The molecule has 0 saturated heterocycles. The van der Waals surface area contributed by atoms with Gasteiger partial charge in [0.15, 0.2) is 0 Å². The molecule has 10 aromatic rings. The summed E-state index contributed by atoms with van der Waals surface area (Å²) in [6, 6.07) is 71.5. The van der Waals surface area contributed by atoms with Gasteiger partial charge in [-0.05, 0) is 90.8 Å². The number of rotatable bonds is 5. The lowest BCUT2D eigenvalue weighted by molar-refractivity contribution is 1.18. The zero-order valence-corrected chi connectivity index (χ0v) is 28.9. The molecule has 0 unspecified atom stereocenters. The number of aromatic nitrogens is 1. The molecule has 0 bridgehead atoms. The van der Waals surface area contributed by atoms with Crippen LogP contribution >= 0.6 is 0 Å². The first-order valence-corrected chi connectivity index (χ1v) is 18.0. The maximum absolute atomic E-state index is 10.1. The predicted molar refractivity (Wildman–Crippen MR) is 222 cm³/mol. The highest BCUT2D eigenvalue weighted by molar-refractivity contribution is 6.21. The quantitative estimate of drug-likeness (QED) is 0.167. The molecule has 10 rings (SSSR count). The van der Waals surface area contributed by atoms with Crippen molar-refractivity contribution >= 4 is 43.4 Å². The number of fused-ring (bicyclic) bond motifs is 5. The summed E-state index contributed by atoms with van der Waals surface area (Å²) in [5.74, 6) is 0. The third-order valence-electron chi connectivity index (χ3n) is 10.7. The maximum Gasteiger partial charge on any atom is 0.0998 e. The van der Waals surface area contributed by atoms with E-state index < -0.39 is 0 Å². The van der Waals surface area contributed by atoms with E-state index in [1.807, 2.05) is 6.07 Å². The van der Waals surface area contributed by atoms with Crippen LogP contribution in [-0.4, -0.2) is 4.57 Å². The predicted octanol–water partition coefficient (Wildman–Crippen LogP) is 13.6. The standard InChI is InChI=1S/C51H32N2/c52-33-39-30-31-40(53-48-20-10-8-14-41(48)42-15-9-11-21-49(42)53)32-47(39)36-26-22-34(23-27-36)35-24-28-38(29-25-35)51-45-18-6-4-16-43(45)50(37-12-2-1-3-13-37)44-17-5-7-19-46(44)51/h1-32H.